The van der Waals surface area contributed by atoms with Gasteiger partial charge in [0, 0.05) is 26.2 Å². The fourth-order valence-corrected chi connectivity index (χ4v) is 2.76. The second-order valence-corrected chi connectivity index (χ2v) is 5.12. The number of likely N-dealkylation sites (tertiary alicyclic amines) is 1. The molecule has 0 aromatic rings. The predicted octanol–water partition coefficient (Wildman–Crippen LogP) is 0.197. The van der Waals surface area contributed by atoms with Gasteiger partial charge in [0.15, 0.2) is 0 Å². The van der Waals surface area contributed by atoms with Crippen LogP contribution in [0.25, 0.3) is 0 Å². The minimum Gasteiger partial charge on any atom is -0.480 e. The van der Waals surface area contributed by atoms with E-state index in [1.54, 1.807) is 4.90 Å². The van der Waals surface area contributed by atoms with Crippen LogP contribution in [0.1, 0.15) is 19.8 Å². The van der Waals surface area contributed by atoms with Crippen LogP contribution < -0.4 is 5.32 Å². The Kier molecular flexibility index (Phi) is 4.06. The van der Waals surface area contributed by atoms with Gasteiger partial charge in [0.1, 0.15) is 6.04 Å². The van der Waals surface area contributed by atoms with Gasteiger partial charge in [0.05, 0.1) is 0 Å². The van der Waals surface area contributed by atoms with Gasteiger partial charge in [0.25, 0.3) is 0 Å². The highest BCUT2D eigenvalue weighted by atomic mass is 16.4. The number of carbonyl (C=O) groups excluding carboxylic acids is 1. The van der Waals surface area contributed by atoms with E-state index in [-0.39, 0.29) is 11.9 Å². The fraction of sp³-hybridized carbons (Fsp3) is 0.833. The van der Waals surface area contributed by atoms with Crippen molar-refractivity contribution in [2.75, 3.05) is 32.7 Å². The number of carboxylic acids is 1. The van der Waals surface area contributed by atoms with E-state index in [1.807, 2.05) is 6.92 Å². The lowest BCUT2D eigenvalue weighted by Crippen LogP contribution is -2.50. The lowest BCUT2D eigenvalue weighted by molar-refractivity contribution is -0.142. The molecule has 6 heteroatoms. The van der Waals surface area contributed by atoms with Gasteiger partial charge in [0.2, 0.25) is 0 Å². The summed E-state index contributed by atoms with van der Waals surface area (Å²) < 4.78 is 0. The van der Waals surface area contributed by atoms with Crippen LogP contribution in [0.4, 0.5) is 4.79 Å². The van der Waals surface area contributed by atoms with E-state index in [2.05, 4.69) is 5.32 Å². The molecule has 2 N–H and O–H groups in total. The average molecular weight is 255 g/mol. The number of hydrogen-bond donors (Lipinski definition) is 2. The fourth-order valence-electron chi connectivity index (χ4n) is 2.76. The second kappa shape index (κ2) is 5.56. The number of nitrogens with zero attached hydrogens (tertiary/aromatic N) is 2. The summed E-state index contributed by atoms with van der Waals surface area (Å²) in [6.07, 6.45) is 1.70. The van der Waals surface area contributed by atoms with Gasteiger partial charge in [-0.1, -0.05) is 6.92 Å². The topological polar surface area (TPSA) is 72.9 Å². The summed E-state index contributed by atoms with van der Waals surface area (Å²) in [4.78, 5) is 26.9. The third kappa shape index (κ3) is 2.58. The maximum Gasteiger partial charge on any atom is 0.326 e. The van der Waals surface area contributed by atoms with Gasteiger partial charge in [-0.25, -0.2) is 9.59 Å². The molecular formula is C12H21N3O3. The molecule has 18 heavy (non-hydrogen) atoms. The SMILES string of the molecule is CC1CCN(C(=O)N2CCCNCC2)C1C(=O)O. The first-order chi connectivity index (χ1) is 8.61. The van der Waals surface area contributed by atoms with Crippen LogP contribution >= 0.6 is 0 Å². The highest BCUT2D eigenvalue weighted by Gasteiger charge is 2.40. The van der Waals surface area contributed by atoms with Crippen LogP contribution in [-0.2, 0) is 4.79 Å². The van der Waals surface area contributed by atoms with E-state index in [0.717, 1.165) is 25.9 Å². The van der Waals surface area contributed by atoms with Crippen LogP contribution in [-0.4, -0.2) is 65.7 Å². The molecule has 2 fully saturated rings. The minimum atomic E-state index is -0.888. The largest absolute Gasteiger partial charge is 0.480 e. The Morgan fingerprint density at radius 3 is 2.72 bits per heavy atom. The Bertz CT molecular complexity index is 327. The van der Waals surface area contributed by atoms with E-state index < -0.39 is 12.0 Å². The molecule has 0 bridgehead atoms. The molecule has 6 nitrogen and oxygen atoms in total. The molecule has 0 aromatic heterocycles. The van der Waals surface area contributed by atoms with Gasteiger partial charge in [-0.05, 0) is 25.3 Å². The van der Waals surface area contributed by atoms with E-state index in [4.69, 9.17) is 0 Å². The van der Waals surface area contributed by atoms with Gasteiger partial charge < -0.3 is 20.2 Å². The van der Waals surface area contributed by atoms with Crippen molar-refractivity contribution >= 4 is 12.0 Å². The third-order valence-electron chi connectivity index (χ3n) is 3.81. The maximum absolute atomic E-state index is 12.4. The maximum atomic E-state index is 12.4. The molecule has 2 amide bonds. The Morgan fingerprint density at radius 2 is 2.00 bits per heavy atom. The van der Waals surface area contributed by atoms with E-state index in [9.17, 15) is 14.7 Å². The Balaban J connectivity index is 2.05. The number of hydrogen-bond acceptors (Lipinski definition) is 3. The molecule has 0 spiro atoms. The van der Waals surface area contributed by atoms with E-state index in [1.165, 1.54) is 4.90 Å². The van der Waals surface area contributed by atoms with Gasteiger partial charge in [-0.15, -0.1) is 0 Å². The highest BCUT2D eigenvalue weighted by molar-refractivity contribution is 5.83. The molecule has 2 unspecified atom stereocenters. The highest BCUT2D eigenvalue weighted by Crippen LogP contribution is 2.25. The summed E-state index contributed by atoms with van der Waals surface area (Å²) in [5, 5.41) is 12.5. The molecule has 0 aromatic carbocycles. The number of carboxylic acid groups (broad SMARTS) is 1. The predicted molar refractivity (Wildman–Crippen MR) is 66.4 cm³/mol. The third-order valence-corrected chi connectivity index (χ3v) is 3.81. The zero-order valence-corrected chi connectivity index (χ0v) is 10.8. The summed E-state index contributed by atoms with van der Waals surface area (Å²) in [5.74, 6) is -0.849. The van der Waals surface area contributed by atoms with Crippen LogP contribution in [0, 0.1) is 5.92 Å². The summed E-state index contributed by atoms with van der Waals surface area (Å²) in [7, 11) is 0. The number of urea groups is 1. The Labute approximate surface area is 107 Å². The Morgan fingerprint density at radius 1 is 1.22 bits per heavy atom. The molecule has 2 aliphatic heterocycles. The lowest BCUT2D eigenvalue weighted by Gasteiger charge is -2.30. The first-order valence-electron chi connectivity index (χ1n) is 6.60. The number of aliphatic carboxylic acids is 1. The van der Waals surface area contributed by atoms with Crippen molar-refractivity contribution in [1.29, 1.82) is 0 Å². The smallest absolute Gasteiger partial charge is 0.326 e. The summed E-state index contributed by atoms with van der Waals surface area (Å²) in [6.45, 7) is 5.53. The van der Waals surface area contributed by atoms with Gasteiger partial charge >= 0.3 is 12.0 Å². The second-order valence-electron chi connectivity index (χ2n) is 5.12. The number of rotatable bonds is 1. The normalized spacial score (nSPS) is 29.2. The summed E-state index contributed by atoms with van der Waals surface area (Å²) >= 11 is 0. The summed E-state index contributed by atoms with van der Waals surface area (Å²) in [6, 6.07) is -0.774. The molecule has 2 heterocycles. The first-order valence-corrected chi connectivity index (χ1v) is 6.60. The number of amides is 2. The van der Waals surface area contributed by atoms with Crippen molar-refractivity contribution in [2.24, 2.45) is 5.92 Å². The lowest BCUT2D eigenvalue weighted by atomic mass is 10.0. The molecule has 102 valence electrons. The molecule has 0 aliphatic carbocycles. The van der Waals surface area contributed by atoms with Crippen LogP contribution in [0.5, 0.6) is 0 Å². The minimum absolute atomic E-state index is 0.0385. The number of nitrogens with one attached hydrogen (secondary N) is 1. The number of carbonyl (C=O) groups is 2. The molecule has 0 radical (unpaired) electrons. The molecule has 2 rings (SSSR count). The van der Waals surface area contributed by atoms with Crippen LogP contribution in [0.15, 0.2) is 0 Å². The molecule has 2 saturated heterocycles. The molecule has 2 atom stereocenters. The Hall–Kier alpha value is -1.30. The van der Waals surface area contributed by atoms with Crippen molar-refractivity contribution in [3.63, 3.8) is 0 Å². The standard InChI is InChI=1S/C12H21N3O3/c1-9-3-7-15(10(9)11(16)17)12(18)14-6-2-4-13-5-8-14/h9-10,13H,2-8H2,1H3,(H,16,17). The van der Waals surface area contributed by atoms with Gasteiger partial charge in [-0.2, -0.15) is 0 Å². The molecule has 0 saturated carbocycles. The zero-order valence-electron chi connectivity index (χ0n) is 10.8. The van der Waals surface area contributed by atoms with Crippen molar-refractivity contribution in [2.45, 2.75) is 25.8 Å². The van der Waals surface area contributed by atoms with Crippen molar-refractivity contribution in [1.82, 2.24) is 15.1 Å². The molecule has 2 aliphatic rings. The average Bonchev–Trinajstić information content (AvgIpc) is 2.56. The molecular weight excluding hydrogens is 234 g/mol. The quantitative estimate of drug-likeness (QED) is 0.702. The first kappa shape index (κ1) is 13.1. The van der Waals surface area contributed by atoms with E-state index >= 15 is 0 Å². The van der Waals surface area contributed by atoms with Crippen molar-refractivity contribution in [3.8, 4) is 0 Å². The summed E-state index contributed by atoms with van der Waals surface area (Å²) in [5.41, 5.74) is 0. The van der Waals surface area contributed by atoms with E-state index in [0.29, 0.717) is 19.6 Å². The van der Waals surface area contributed by atoms with Crippen LogP contribution in [0.2, 0.25) is 0 Å². The monoisotopic (exact) mass is 255 g/mol. The van der Waals surface area contributed by atoms with Crippen LogP contribution in [0.3, 0.4) is 0 Å². The van der Waals surface area contributed by atoms with Crippen molar-refractivity contribution in [3.05, 3.63) is 0 Å². The van der Waals surface area contributed by atoms with Crippen molar-refractivity contribution < 1.29 is 14.7 Å². The zero-order chi connectivity index (χ0) is 13.1. The van der Waals surface area contributed by atoms with Gasteiger partial charge in [-0.3, -0.25) is 0 Å².